The van der Waals surface area contributed by atoms with Gasteiger partial charge in [-0.2, -0.15) is 0 Å². The van der Waals surface area contributed by atoms with Crippen LogP contribution in [0.3, 0.4) is 0 Å². The number of nitrogens with one attached hydrogen (secondary N) is 1. The number of hydrogen-bond acceptors (Lipinski definition) is 4. The Kier molecular flexibility index (Phi) is 7.90. The fourth-order valence-corrected chi connectivity index (χ4v) is 7.58. The summed E-state index contributed by atoms with van der Waals surface area (Å²) in [6.07, 6.45) is 3.09. The SMILES string of the molecule is COc1cccc(-n2c(C)cc([C@@H]3[C@H](c4ccccn4)NC(=S)N3c3ccc(N4C[C@H](C)C[C@H](C)C4)c(Cl)c3)c2C)c1. The fraction of sp³-hybridized carbons (Fsp3) is 0.353. The maximum absolute atomic E-state index is 7.04. The number of halogens is 1. The first-order valence-corrected chi connectivity index (χ1v) is 15.4. The second kappa shape index (κ2) is 11.6. The highest BCUT2D eigenvalue weighted by atomic mass is 35.5. The van der Waals surface area contributed by atoms with E-state index in [1.54, 1.807) is 7.11 Å². The zero-order valence-electron chi connectivity index (χ0n) is 24.8. The molecular weight excluding hydrogens is 562 g/mol. The van der Waals surface area contributed by atoms with Crippen molar-refractivity contribution in [3.8, 4) is 11.4 Å². The number of nitrogens with zero attached hydrogens (tertiary/aromatic N) is 4. The van der Waals surface area contributed by atoms with Gasteiger partial charge >= 0.3 is 0 Å². The molecule has 4 aromatic rings. The minimum absolute atomic E-state index is 0.130. The minimum atomic E-state index is -0.139. The summed E-state index contributed by atoms with van der Waals surface area (Å²) in [5.74, 6) is 2.11. The number of methoxy groups -OCH3 is 1. The number of ether oxygens (including phenoxy) is 1. The fourth-order valence-electron chi connectivity index (χ4n) is 6.94. The maximum Gasteiger partial charge on any atom is 0.174 e. The molecule has 0 unspecified atom stereocenters. The topological polar surface area (TPSA) is 45.6 Å². The largest absolute Gasteiger partial charge is 0.497 e. The van der Waals surface area contributed by atoms with E-state index in [0.717, 1.165) is 58.0 Å². The van der Waals surface area contributed by atoms with Gasteiger partial charge in [0.1, 0.15) is 5.75 Å². The Balaban J connectivity index is 1.44. The Bertz CT molecular complexity index is 1590. The van der Waals surface area contributed by atoms with Crippen molar-refractivity contribution < 1.29 is 4.74 Å². The van der Waals surface area contributed by atoms with Gasteiger partial charge in [0, 0.05) is 48.1 Å². The van der Waals surface area contributed by atoms with E-state index in [2.05, 4.69) is 89.8 Å². The Morgan fingerprint density at radius 1 is 0.952 bits per heavy atom. The van der Waals surface area contributed by atoms with Crippen molar-refractivity contribution in [3.63, 3.8) is 0 Å². The smallest absolute Gasteiger partial charge is 0.174 e. The molecule has 0 spiro atoms. The van der Waals surface area contributed by atoms with Gasteiger partial charge in [0.2, 0.25) is 0 Å². The van der Waals surface area contributed by atoms with Crippen LogP contribution in [0.15, 0.2) is 72.9 Å². The van der Waals surface area contributed by atoms with Crippen molar-refractivity contribution in [1.82, 2.24) is 14.9 Å². The Labute approximate surface area is 259 Å². The van der Waals surface area contributed by atoms with Crippen molar-refractivity contribution in [2.24, 2.45) is 11.8 Å². The summed E-state index contributed by atoms with van der Waals surface area (Å²) in [6, 6.07) is 22.6. The third kappa shape index (κ3) is 5.25. The van der Waals surface area contributed by atoms with Crippen LogP contribution in [-0.2, 0) is 0 Å². The van der Waals surface area contributed by atoms with Crippen LogP contribution in [0.4, 0.5) is 11.4 Å². The van der Waals surface area contributed by atoms with Gasteiger partial charge < -0.3 is 24.4 Å². The molecule has 0 saturated carbocycles. The lowest BCUT2D eigenvalue weighted by Gasteiger charge is -2.37. The lowest BCUT2D eigenvalue weighted by Crippen LogP contribution is -2.38. The molecule has 0 bridgehead atoms. The van der Waals surface area contributed by atoms with E-state index in [4.69, 9.17) is 33.5 Å². The summed E-state index contributed by atoms with van der Waals surface area (Å²) in [5, 5.41) is 5.01. The Hall–Kier alpha value is -3.55. The Morgan fingerprint density at radius 2 is 1.74 bits per heavy atom. The van der Waals surface area contributed by atoms with E-state index in [9.17, 15) is 0 Å². The maximum atomic E-state index is 7.04. The van der Waals surface area contributed by atoms with Gasteiger partial charge in [0.25, 0.3) is 0 Å². The quantitative estimate of drug-likeness (QED) is 0.228. The molecule has 8 heteroatoms. The molecule has 2 saturated heterocycles. The molecule has 6 nitrogen and oxygen atoms in total. The zero-order chi connectivity index (χ0) is 29.5. The van der Waals surface area contributed by atoms with E-state index < -0.39 is 0 Å². The molecule has 2 aromatic heterocycles. The highest BCUT2D eigenvalue weighted by Crippen LogP contribution is 2.45. The average Bonchev–Trinajstić information content (AvgIpc) is 3.47. The summed E-state index contributed by atoms with van der Waals surface area (Å²) in [5.41, 5.74) is 7.51. The van der Waals surface area contributed by atoms with E-state index in [1.807, 2.05) is 30.5 Å². The number of aromatic nitrogens is 2. The first-order chi connectivity index (χ1) is 20.2. The van der Waals surface area contributed by atoms with Gasteiger partial charge in [-0.25, -0.2) is 0 Å². The number of hydrogen-bond donors (Lipinski definition) is 1. The molecule has 2 aliphatic rings. The van der Waals surface area contributed by atoms with Crippen LogP contribution < -0.4 is 19.9 Å². The van der Waals surface area contributed by atoms with Crippen LogP contribution in [0.2, 0.25) is 5.02 Å². The van der Waals surface area contributed by atoms with E-state index in [-0.39, 0.29) is 12.1 Å². The standard InChI is InChI=1S/C34H38ClN5OS/c1-21-15-22(2)20-38(19-21)31-13-12-26(18-29(31)35)40-33(32(37-34(40)42)30-11-6-7-14-36-30)28-16-23(3)39(24(28)4)25-9-8-10-27(17-25)41-5/h6-14,16-18,21-22,32-33H,15,19-20H2,1-5H3,(H,37,42)/t21-,22+,32-,33+/m0/s1. The minimum Gasteiger partial charge on any atom is -0.497 e. The van der Waals surface area contributed by atoms with Crippen LogP contribution in [0.5, 0.6) is 5.75 Å². The van der Waals surface area contributed by atoms with Gasteiger partial charge in [-0.1, -0.05) is 37.6 Å². The summed E-state index contributed by atoms with van der Waals surface area (Å²) in [7, 11) is 1.70. The van der Waals surface area contributed by atoms with Crippen LogP contribution in [0.1, 0.15) is 55.0 Å². The second-order valence-electron chi connectivity index (χ2n) is 11.8. The van der Waals surface area contributed by atoms with Gasteiger partial charge in [0.15, 0.2) is 5.11 Å². The molecule has 4 atom stereocenters. The predicted molar refractivity (Wildman–Crippen MR) is 176 cm³/mol. The van der Waals surface area contributed by atoms with Crippen LogP contribution in [0.25, 0.3) is 5.69 Å². The summed E-state index contributed by atoms with van der Waals surface area (Å²) in [4.78, 5) is 9.38. The molecule has 42 heavy (non-hydrogen) atoms. The third-order valence-electron chi connectivity index (χ3n) is 8.62. The lowest BCUT2D eigenvalue weighted by molar-refractivity contribution is 0.357. The van der Waals surface area contributed by atoms with E-state index >= 15 is 0 Å². The molecule has 6 rings (SSSR count). The number of pyridine rings is 1. The summed E-state index contributed by atoms with van der Waals surface area (Å²) >= 11 is 13.1. The molecule has 1 N–H and O–H groups in total. The third-order valence-corrected chi connectivity index (χ3v) is 9.23. The molecule has 2 fully saturated rings. The highest BCUT2D eigenvalue weighted by molar-refractivity contribution is 7.80. The number of rotatable bonds is 6. The zero-order valence-corrected chi connectivity index (χ0v) is 26.4. The molecular formula is C34H38ClN5OS. The molecule has 2 aliphatic heterocycles. The highest BCUT2D eigenvalue weighted by Gasteiger charge is 2.42. The monoisotopic (exact) mass is 599 g/mol. The second-order valence-corrected chi connectivity index (χ2v) is 12.6. The summed E-state index contributed by atoms with van der Waals surface area (Å²) in [6.45, 7) is 11.0. The first kappa shape index (κ1) is 28.6. The normalized spacial score (nSPS) is 22.4. The van der Waals surface area contributed by atoms with Crippen molar-refractivity contribution in [1.29, 1.82) is 0 Å². The molecule has 4 heterocycles. The van der Waals surface area contributed by atoms with Crippen LogP contribution in [-0.4, -0.2) is 34.9 Å². The van der Waals surface area contributed by atoms with E-state index in [1.165, 1.54) is 12.0 Å². The molecule has 2 aromatic carbocycles. The predicted octanol–water partition coefficient (Wildman–Crippen LogP) is 7.81. The Morgan fingerprint density at radius 3 is 2.43 bits per heavy atom. The van der Waals surface area contributed by atoms with Gasteiger partial charge in [-0.3, -0.25) is 4.98 Å². The van der Waals surface area contributed by atoms with Crippen LogP contribution in [0, 0.1) is 25.7 Å². The molecule has 0 aliphatic carbocycles. The average molecular weight is 600 g/mol. The van der Waals surface area contributed by atoms with Gasteiger partial charge in [0.05, 0.1) is 35.6 Å². The molecule has 0 radical (unpaired) electrons. The van der Waals surface area contributed by atoms with Crippen molar-refractivity contribution >= 4 is 40.3 Å². The van der Waals surface area contributed by atoms with Gasteiger partial charge in [-0.15, -0.1) is 0 Å². The van der Waals surface area contributed by atoms with Crippen LogP contribution >= 0.6 is 23.8 Å². The molecule has 218 valence electrons. The lowest BCUT2D eigenvalue weighted by atomic mass is 9.91. The number of anilines is 2. The van der Waals surface area contributed by atoms with Crippen molar-refractivity contribution in [3.05, 3.63) is 101 Å². The first-order valence-electron chi connectivity index (χ1n) is 14.6. The number of piperidine rings is 1. The number of aryl methyl sites for hydroxylation is 1. The van der Waals surface area contributed by atoms with Gasteiger partial charge in [-0.05, 0) is 98.4 Å². The van der Waals surface area contributed by atoms with Crippen molar-refractivity contribution in [2.75, 3.05) is 30.0 Å². The van der Waals surface area contributed by atoms with E-state index in [0.29, 0.717) is 16.9 Å². The number of benzene rings is 2. The molecule has 0 amide bonds. The van der Waals surface area contributed by atoms with Crippen molar-refractivity contribution in [2.45, 2.75) is 46.2 Å². The number of thiocarbonyl (C=S) groups is 1. The summed E-state index contributed by atoms with van der Waals surface area (Å²) < 4.78 is 7.81.